The first-order chi connectivity index (χ1) is 12.2. The lowest BCUT2D eigenvalue weighted by molar-refractivity contribution is 0.228. The largest absolute Gasteiger partial charge is 0.342 e. The fourth-order valence-electron chi connectivity index (χ4n) is 4.25. The number of aromatic nitrogens is 2. The van der Waals surface area contributed by atoms with Gasteiger partial charge in [-0.1, -0.05) is 29.5 Å². The molecule has 128 valence electrons. The van der Waals surface area contributed by atoms with Crippen LogP contribution < -0.4 is 4.90 Å². The molecule has 2 fully saturated rings. The Labute approximate surface area is 152 Å². The fraction of sp³-hybridized carbons (Fsp3) is 0.400. The number of benzene rings is 1. The fourth-order valence-corrected chi connectivity index (χ4v) is 5.44. The summed E-state index contributed by atoms with van der Waals surface area (Å²) in [6.07, 6.45) is 3.14. The molecule has 0 amide bonds. The zero-order chi connectivity index (χ0) is 17.0. The molecule has 0 N–H and O–H groups in total. The van der Waals surface area contributed by atoms with Gasteiger partial charge in [0.1, 0.15) is 0 Å². The van der Waals surface area contributed by atoms with E-state index in [1.54, 1.807) is 0 Å². The highest BCUT2D eigenvalue weighted by atomic mass is 32.1. The van der Waals surface area contributed by atoms with Crippen molar-refractivity contribution < 1.29 is 0 Å². The number of pyridine rings is 1. The summed E-state index contributed by atoms with van der Waals surface area (Å²) in [4.78, 5) is 14.6. The second kappa shape index (κ2) is 5.78. The second-order valence-electron chi connectivity index (χ2n) is 7.32. The molecule has 4 nitrogen and oxygen atoms in total. The first-order valence-corrected chi connectivity index (χ1v) is 9.78. The number of rotatable bonds is 3. The van der Waals surface area contributed by atoms with E-state index in [0.29, 0.717) is 12.1 Å². The van der Waals surface area contributed by atoms with Gasteiger partial charge in [-0.15, -0.1) is 0 Å². The maximum atomic E-state index is 5.00. The van der Waals surface area contributed by atoms with Gasteiger partial charge in [0.2, 0.25) is 0 Å². The highest BCUT2D eigenvalue weighted by Crippen LogP contribution is 2.40. The van der Waals surface area contributed by atoms with Crippen LogP contribution in [-0.4, -0.2) is 40.0 Å². The summed E-state index contributed by atoms with van der Waals surface area (Å²) in [5.74, 6) is 0. The molecular weight excluding hydrogens is 328 g/mol. The summed E-state index contributed by atoms with van der Waals surface area (Å²) >= 11 is 1.86. The maximum Gasteiger partial charge on any atom is 0.186 e. The number of nitrogens with zero attached hydrogens (tertiary/aromatic N) is 4. The molecule has 2 unspecified atom stereocenters. The van der Waals surface area contributed by atoms with Gasteiger partial charge in [-0.25, -0.2) is 4.98 Å². The van der Waals surface area contributed by atoms with Crippen molar-refractivity contribution in [1.29, 1.82) is 0 Å². The van der Waals surface area contributed by atoms with Gasteiger partial charge in [0.05, 0.1) is 15.9 Å². The van der Waals surface area contributed by atoms with E-state index in [9.17, 15) is 0 Å². The summed E-state index contributed by atoms with van der Waals surface area (Å²) in [6.45, 7) is 7.53. The lowest BCUT2D eigenvalue weighted by Gasteiger charge is -2.33. The highest BCUT2D eigenvalue weighted by molar-refractivity contribution is 7.22. The Morgan fingerprint density at radius 3 is 2.68 bits per heavy atom. The minimum atomic E-state index is 0.592. The zero-order valence-corrected chi connectivity index (χ0v) is 15.5. The van der Waals surface area contributed by atoms with Crippen molar-refractivity contribution in [3.05, 3.63) is 53.3 Å². The minimum absolute atomic E-state index is 0.592. The Morgan fingerprint density at radius 1 is 1.08 bits per heavy atom. The van der Waals surface area contributed by atoms with Crippen LogP contribution in [0.4, 0.5) is 5.13 Å². The Kier molecular flexibility index (Phi) is 3.54. The van der Waals surface area contributed by atoms with Crippen LogP contribution in [0.25, 0.3) is 10.2 Å². The Morgan fingerprint density at radius 2 is 1.96 bits per heavy atom. The van der Waals surface area contributed by atoms with Gasteiger partial charge in [-0.2, -0.15) is 0 Å². The predicted octanol–water partition coefficient (Wildman–Crippen LogP) is 3.77. The Hall–Kier alpha value is -1.98. The number of aryl methyl sites for hydroxylation is 2. The summed E-state index contributed by atoms with van der Waals surface area (Å²) < 4.78 is 1.35. The second-order valence-corrected chi connectivity index (χ2v) is 8.30. The molecule has 1 aromatic carbocycles. The molecule has 0 radical (unpaired) electrons. The van der Waals surface area contributed by atoms with Crippen molar-refractivity contribution in [1.82, 2.24) is 14.9 Å². The van der Waals surface area contributed by atoms with E-state index < -0.39 is 0 Å². The number of hydrogen-bond acceptors (Lipinski definition) is 5. The van der Waals surface area contributed by atoms with E-state index in [0.717, 1.165) is 19.6 Å². The number of fused-ring (bicyclic) bond motifs is 3. The molecule has 0 spiro atoms. The van der Waals surface area contributed by atoms with Gasteiger partial charge in [0.25, 0.3) is 0 Å². The molecule has 5 rings (SSSR count). The molecule has 25 heavy (non-hydrogen) atoms. The van der Waals surface area contributed by atoms with Crippen LogP contribution in [-0.2, 0) is 6.54 Å². The summed E-state index contributed by atoms with van der Waals surface area (Å²) in [7, 11) is 0. The van der Waals surface area contributed by atoms with Crippen LogP contribution in [0.1, 0.15) is 23.2 Å². The number of likely N-dealkylation sites (tertiary alicyclic amines) is 1. The van der Waals surface area contributed by atoms with Crippen molar-refractivity contribution in [3.8, 4) is 0 Å². The van der Waals surface area contributed by atoms with Crippen LogP contribution in [0.3, 0.4) is 0 Å². The van der Waals surface area contributed by atoms with Crippen LogP contribution >= 0.6 is 11.3 Å². The molecule has 2 saturated heterocycles. The third-order valence-electron chi connectivity index (χ3n) is 5.62. The van der Waals surface area contributed by atoms with Gasteiger partial charge in [0, 0.05) is 37.9 Å². The van der Waals surface area contributed by atoms with Gasteiger partial charge in [0.15, 0.2) is 5.13 Å². The summed E-state index contributed by atoms with van der Waals surface area (Å²) in [5.41, 5.74) is 4.98. The molecular formula is C20H22N4S. The Balaban J connectivity index is 1.37. The van der Waals surface area contributed by atoms with Crippen LogP contribution in [0.2, 0.25) is 0 Å². The smallest absolute Gasteiger partial charge is 0.186 e. The standard InChI is InChI=1S/C20H22N4S/c1-13-6-7-14(2)19-18(13)22-20(25-19)24-12-16-9-17(24)11-23(16)10-15-5-3-4-8-21-15/h3-8,16-17H,9-12H2,1-2H3. The normalized spacial score (nSPS) is 23.0. The Bertz CT molecular complexity index is 881. The van der Waals surface area contributed by atoms with E-state index in [4.69, 9.17) is 4.98 Å². The molecule has 2 atom stereocenters. The van der Waals surface area contributed by atoms with Crippen molar-refractivity contribution in [2.24, 2.45) is 0 Å². The zero-order valence-electron chi connectivity index (χ0n) is 14.6. The average molecular weight is 350 g/mol. The molecule has 2 aliphatic heterocycles. The quantitative estimate of drug-likeness (QED) is 0.720. The first-order valence-electron chi connectivity index (χ1n) is 8.96. The van der Waals surface area contributed by atoms with E-state index >= 15 is 0 Å². The van der Waals surface area contributed by atoms with E-state index in [1.165, 1.54) is 38.6 Å². The van der Waals surface area contributed by atoms with Crippen molar-refractivity contribution in [3.63, 3.8) is 0 Å². The van der Waals surface area contributed by atoms with Gasteiger partial charge < -0.3 is 4.90 Å². The van der Waals surface area contributed by atoms with Gasteiger partial charge >= 0.3 is 0 Å². The predicted molar refractivity (Wildman–Crippen MR) is 103 cm³/mol. The lowest BCUT2D eigenvalue weighted by Crippen LogP contribution is -2.46. The van der Waals surface area contributed by atoms with E-state index in [1.807, 2.05) is 23.6 Å². The highest BCUT2D eigenvalue weighted by Gasteiger charge is 2.44. The maximum absolute atomic E-state index is 5.00. The molecule has 4 heterocycles. The molecule has 3 aromatic rings. The number of piperazine rings is 1. The van der Waals surface area contributed by atoms with Gasteiger partial charge in [-0.3, -0.25) is 9.88 Å². The number of thiazole rings is 1. The minimum Gasteiger partial charge on any atom is -0.342 e. The first kappa shape index (κ1) is 15.3. The molecule has 5 heteroatoms. The lowest BCUT2D eigenvalue weighted by atomic mass is 10.1. The topological polar surface area (TPSA) is 32.3 Å². The van der Waals surface area contributed by atoms with E-state index in [2.05, 4.69) is 52.9 Å². The number of hydrogen-bond donors (Lipinski definition) is 0. The van der Waals surface area contributed by atoms with Gasteiger partial charge in [-0.05, 0) is 43.5 Å². The molecule has 2 bridgehead atoms. The third kappa shape index (κ3) is 2.53. The SMILES string of the molecule is Cc1ccc(C)c2sc(N3CC4CC3CN4Cc3ccccn3)nc12. The molecule has 2 aromatic heterocycles. The molecule has 0 saturated carbocycles. The van der Waals surface area contributed by atoms with E-state index in [-0.39, 0.29) is 0 Å². The van der Waals surface area contributed by atoms with Crippen LogP contribution in [0.15, 0.2) is 36.5 Å². The summed E-state index contributed by atoms with van der Waals surface area (Å²) in [6, 6.07) is 11.8. The average Bonchev–Trinajstić information content (AvgIpc) is 3.32. The van der Waals surface area contributed by atoms with Crippen molar-refractivity contribution in [2.45, 2.75) is 38.9 Å². The van der Waals surface area contributed by atoms with Crippen molar-refractivity contribution >= 4 is 26.7 Å². The molecule has 0 aliphatic carbocycles. The van der Waals surface area contributed by atoms with Crippen LogP contribution in [0, 0.1) is 13.8 Å². The monoisotopic (exact) mass is 350 g/mol. The molecule has 2 aliphatic rings. The number of anilines is 1. The third-order valence-corrected chi connectivity index (χ3v) is 6.85. The van der Waals surface area contributed by atoms with Crippen LogP contribution in [0.5, 0.6) is 0 Å². The van der Waals surface area contributed by atoms with Crippen molar-refractivity contribution in [2.75, 3.05) is 18.0 Å². The summed E-state index contributed by atoms with van der Waals surface area (Å²) in [5, 5.41) is 1.21.